The highest BCUT2D eigenvalue weighted by Crippen LogP contribution is 2.40. The molecule has 2 aromatic rings. The lowest BCUT2D eigenvalue weighted by Crippen LogP contribution is -2.11. The van der Waals surface area contributed by atoms with Gasteiger partial charge < -0.3 is 10.1 Å². The molecule has 1 N–H and O–H groups in total. The second-order valence-electron chi connectivity index (χ2n) is 6.76. The number of pyridine rings is 1. The van der Waals surface area contributed by atoms with E-state index in [1.165, 1.54) is 7.11 Å². The van der Waals surface area contributed by atoms with Crippen molar-refractivity contribution in [3.63, 3.8) is 0 Å². The molecule has 2 aromatic heterocycles. The van der Waals surface area contributed by atoms with Gasteiger partial charge in [0.25, 0.3) is 0 Å². The number of carbonyl (C=O) groups excluding carboxylic acids is 1. The average Bonchev–Trinajstić information content (AvgIpc) is 3.43. The Kier molecular flexibility index (Phi) is 4.97. The van der Waals surface area contributed by atoms with Gasteiger partial charge in [-0.2, -0.15) is 0 Å². The van der Waals surface area contributed by atoms with E-state index in [0.717, 1.165) is 41.6 Å². The summed E-state index contributed by atoms with van der Waals surface area (Å²) in [6.07, 6.45) is 2.16. The normalized spacial score (nSPS) is 13.8. The minimum absolute atomic E-state index is 0.277. The topological polar surface area (TPSA) is 77.0 Å². The fourth-order valence-electron chi connectivity index (χ4n) is 2.69. The predicted molar refractivity (Wildman–Crippen MR) is 95.7 cm³/mol. The average molecular weight is 340 g/mol. The van der Waals surface area contributed by atoms with Crippen LogP contribution < -0.4 is 5.32 Å². The van der Waals surface area contributed by atoms with Crippen LogP contribution in [0, 0.1) is 6.92 Å². The zero-order valence-electron chi connectivity index (χ0n) is 15.2. The van der Waals surface area contributed by atoms with Crippen LogP contribution in [0.25, 0.3) is 0 Å². The van der Waals surface area contributed by atoms with E-state index in [2.05, 4.69) is 29.1 Å². The van der Waals surface area contributed by atoms with Crippen molar-refractivity contribution < 1.29 is 9.53 Å². The summed E-state index contributed by atoms with van der Waals surface area (Å²) in [5.41, 5.74) is 3.26. The van der Waals surface area contributed by atoms with Gasteiger partial charge in [-0.15, -0.1) is 0 Å². The van der Waals surface area contributed by atoms with Gasteiger partial charge in [-0.3, -0.25) is 4.98 Å². The van der Waals surface area contributed by atoms with Gasteiger partial charge in [0.15, 0.2) is 0 Å². The van der Waals surface area contributed by atoms with E-state index in [4.69, 9.17) is 9.72 Å². The highest BCUT2D eigenvalue weighted by Gasteiger charge is 2.30. The summed E-state index contributed by atoms with van der Waals surface area (Å²) in [6.45, 7) is 6.67. The van der Waals surface area contributed by atoms with Crippen LogP contribution in [-0.4, -0.2) is 28.0 Å². The number of anilines is 1. The van der Waals surface area contributed by atoms with Gasteiger partial charge in [-0.25, -0.2) is 14.8 Å². The van der Waals surface area contributed by atoms with Gasteiger partial charge in [0.2, 0.25) is 0 Å². The molecule has 1 aliphatic rings. The Morgan fingerprint density at radius 3 is 2.68 bits per heavy atom. The summed E-state index contributed by atoms with van der Waals surface area (Å²) in [6, 6.07) is 5.60. The van der Waals surface area contributed by atoms with Crippen molar-refractivity contribution in [1.29, 1.82) is 0 Å². The summed E-state index contributed by atoms with van der Waals surface area (Å²) < 4.78 is 4.86. The van der Waals surface area contributed by atoms with Crippen LogP contribution in [-0.2, 0) is 11.3 Å². The molecular formula is C19H24N4O2. The van der Waals surface area contributed by atoms with Crippen molar-refractivity contribution in [3.8, 4) is 0 Å². The minimum atomic E-state index is -0.318. The Hall–Kier alpha value is -2.50. The molecule has 0 aromatic carbocycles. The first-order chi connectivity index (χ1) is 12.0. The van der Waals surface area contributed by atoms with E-state index in [1.54, 1.807) is 0 Å². The summed E-state index contributed by atoms with van der Waals surface area (Å²) in [5, 5.41) is 3.32. The van der Waals surface area contributed by atoms with Crippen molar-refractivity contribution in [2.24, 2.45) is 0 Å². The van der Waals surface area contributed by atoms with E-state index in [0.29, 0.717) is 18.0 Å². The minimum Gasteiger partial charge on any atom is -0.465 e. The second kappa shape index (κ2) is 7.17. The number of nitrogens with zero attached hydrogens (tertiary/aromatic N) is 3. The molecule has 25 heavy (non-hydrogen) atoms. The molecule has 0 unspecified atom stereocenters. The highest BCUT2D eigenvalue weighted by molar-refractivity contribution is 5.90. The van der Waals surface area contributed by atoms with Gasteiger partial charge in [0.05, 0.1) is 30.6 Å². The molecule has 0 bridgehead atoms. The molecule has 0 aliphatic heterocycles. The maximum atomic E-state index is 11.9. The van der Waals surface area contributed by atoms with E-state index < -0.39 is 0 Å². The molecule has 6 heteroatoms. The second-order valence-corrected chi connectivity index (χ2v) is 6.76. The third-order valence-corrected chi connectivity index (χ3v) is 4.19. The Morgan fingerprint density at radius 2 is 2.04 bits per heavy atom. The predicted octanol–water partition coefficient (Wildman–Crippen LogP) is 3.58. The number of methoxy groups -OCH3 is 1. The fraction of sp³-hybridized carbons (Fsp3) is 0.474. The summed E-state index contributed by atoms with van der Waals surface area (Å²) >= 11 is 0. The molecule has 0 amide bonds. The zero-order valence-corrected chi connectivity index (χ0v) is 15.2. The number of esters is 1. The lowest BCUT2D eigenvalue weighted by atomic mass is 10.1. The summed E-state index contributed by atoms with van der Waals surface area (Å²) in [7, 11) is 1.40. The molecule has 6 nitrogen and oxygen atoms in total. The molecule has 0 atom stereocenters. The lowest BCUT2D eigenvalue weighted by molar-refractivity contribution is 0.0598. The number of ether oxygens (including phenoxy) is 1. The maximum Gasteiger partial charge on any atom is 0.339 e. The van der Waals surface area contributed by atoms with Gasteiger partial charge in [0.1, 0.15) is 11.6 Å². The monoisotopic (exact) mass is 340 g/mol. The summed E-state index contributed by atoms with van der Waals surface area (Å²) in [5.74, 6) is 1.96. The van der Waals surface area contributed by atoms with Crippen LogP contribution in [0.4, 0.5) is 5.82 Å². The van der Waals surface area contributed by atoms with Crippen LogP contribution in [0.15, 0.2) is 18.2 Å². The van der Waals surface area contributed by atoms with Crippen molar-refractivity contribution >= 4 is 11.8 Å². The quantitative estimate of drug-likeness (QED) is 0.810. The first-order valence-electron chi connectivity index (χ1n) is 8.65. The zero-order chi connectivity index (χ0) is 18.0. The number of hydrogen-bond acceptors (Lipinski definition) is 6. The van der Waals surface area contributed by atoms with Gasteiger partial charge in [-0.05, 0) is 31.9 Å². The molecule has 0 saturated heterocycles. The van der Waals surface area contributed by atoms with Gasteiger partial charge >= 0.3 is 5.97 Å². The van der Waals surface area contributed by atoms with Crippen LogP contribution in [0.1, 0.15) is 71.8 Å². The van der Waals surface area contributed by atoms with Gasteiger partial charge in [-0.1, -0.05) is 13.8 Å². The Bertz CT molecular complexity index is 785. The molecule has 0 spiro atoms. The smallest absolute Gasteiger partial charge is 0.339 e. The Labute approximate surface area is 148 Å². The molecule has 2 heterocycles. The first-order valence-corrected chi connectivity index (χ1v) is 8.65. The number of aryl methyl sites for hydroxylation is 1. The third kappa shape index (κ3) is 4.13. The van der Waals surface area contributed by atoms with E-state index in [1.807, 2.05) is 25.1 Å². The summed E-state index contributed by atoms with van der Waals surface area (Å²) in [4.78, 5) is 25.6. The lowest BCUT2D eigenvalue weighted by Gasteiger charge is -2.12. The maximum absolute atomic E-state index is 11.9. The van der Waals surface area contributed by atoms with Crippen molar-refractivity contribution in [3.05, 3.63) is 46.7 Å². The van der Waals surface area contributed by atoms with E-state index in [-0.39, 0.29) is 11.9 Å². The largest absolute Gasteiger partial charge is 0.465 e. The number of carbonyl (C=O) groups is 1. The van der Waals surface area contributed by atoms with Crippen molar-refractivity contribution in [2.45, 2.75) is 52.0 Å². The Balaban J connectivity index is 1.77. The third-order valence-electron chi connectivity index (χ3n) is 4.19. The number of nitrogens with one attached hydrogen (secondary N) is 1. The molecule has 1 aliphatic carbocycles. The van der Waals surface area contributed by atoms with E-state index in [9.17, 15) is 4.79 Å². The fourth-order valence-corrected chi connectivity index (χ4v) is 2.69. The molecule has 3 rings (SSSR count). The SMILES string of the molecule is COC(=O)c1ccc(CNc2cc(C)nc(C(C)C)n2)nc1C1CC1. The highest BCUT2D eigenvalue weighted by atomic mass is 16.5. The van der Waals surface area contributed by atoms with Crippen LogP contribution in [0.5, 0.6) is 0 Å². The van der Waals surface area contributed by atoms with Crippen LogP contribution in [0.3, 0.4) is 0 Å². The number of aromatic nitrogens is 3. The van der Waals surface area contributed by atoms with Crippen LogP contribution in [0.2, 0.25) is 0 Å². The van der Waals surface area contributed by atoms with Crippen molar-refractivity contribution in [1.82, 2.24) is 15.0 Å². The first kappa shape index (κ1) is 17.3. The molecule has 132 valence electrons. The van der Waals surface area contributed by atoms with Crippen molar-refractivity contribution in [2.75, 3.05) is 12.4 Å². The number of rotatable bonds is 6. The van der Waals surface area contributed by atoms with E-state index >= 15 is 0 Å². The number of hydrogen-bond donors (Lipinski definition) is 1. The Morgan fingerprint density at radius 1 is 1.28 bits per heavy atom. The van der Waals surface area contributed by atoms with Crippen LogP contribution >= 0.6 is 0 Å². The molecular weight excluding hydrogens is 316 g/mol. The molecule has 1 saturated carbocycles. The standard InChI is InChI=1S/C19H24N4O2/c1-11(2)18-21-12(3)9-16(23-18)20-10-14-7-8-15(19(24)25-4)17(22-14)13-5-6-13/h7-9,11,13H,5-6,10H2,1-4H3,(H,20,21,23). The van der Waals surface area contributed by atoms with Gasteiger partial charge in [0, 0.05) is 23.6 Å². The molecule has 1 fully saturated rings. The molecule has 0 radical (unpaired) electrons.